The Morgan fingerprint density at radius 1 is 1.08 bits per heavy atom. The summed E-state index contributed by atoms with van der Waals surface area (Å²) in [6, 6.07) is 14.4. The highest BCUT2D eigenvalue weighted by Gasteiger charge is 2.18. The second-order valence-electron chi connectivity index (χ2n) is 5.43. The van der Waals surface area contributed by atoms with Crippen molar-refractivity contribution in [2.75, 3.05) is 7.11 Å². The molecule has 0 spiro atoms. The lowest BCUT2D eigenvalue weighted by Crippen LogP contribution is -2.35. The average Bonchev–Trinajstić information content (AvgIpc) is 2.61. The van der Waals surface area contributed by atoms with Crippen LogP contribution in [0.5, 0.6) is 5.75 Å². The standard InChI is InChI=1S/C19H20ClNO4/c1-13(25-18(22)11-14-7-3-5-9-16(14)20)19(23)21-12-15-8-4-6-10-17(15)24-2/h3-10,13H,11-12H2,1-2H3,(H,21,23). The van der Waals surface area contributed by atoms with E-state index in [1.165, 1.54) is 6.92 Å². The maximum atomic E-state index is 12.1. The summed E-state index contributed by atoms with van der Waals surface area (Å²) in [5, 5.41) is 3.23. The van der Waals surface area contributed by atoms with Crippen molar-refractivity contribution < 1.29 is 19.1 Å². The van der Waals surface area contributed by atoms with Crippen molar-refractivity contribution in [1.82, 2.24) is 5.32 Å². The molecule has 1 atom stereocenters. The van der Waals surface area contributed by atoms with Crippen LogP contribution in [0.1, 0.15) is 18.1 Å². The molecule has 0 aliphatic rings. The van der Waals surface area contributed by atoms with E-state index in [9.17, 15) is 9.59 Å². The van der Waals surface area contributed by atoms with Crippen molar-refractivity contribution in [2.24, 2.45) is 0 Å². The van der Waals surface area contributed by atoms with Gasteiger partial charge in [0.2, 0.25) is 0 Å². The maximum Gasteiger partial charge on any atom is 0.311 e. The van der Waals surface area contributed by atoms with E-state index < -0.39 is 12.1 Å². The van der Waals surface area contributed by atoms with E-state index in [1.54, 1.807) is 31.4 Å². The molecule has 0 aliphatic heterocycles. The van der Waals surface area contributed by atoms with Gasteiger partial charge in [0.25, 0.3) is 5.91 Å². The Kier molecular flexibility index (Phi) is 6.83. The number of halogens is 1. The monoisotopic (exact) mass is 361 g/mol. The van der Waals surface area contributed by atoms with Gasteiger partial charge in [0.05, 0.1) is 13.5 Å². The van der Waals surface area contributed by atoms with Crippen molar-refractivity contribution in [3.8, 4) is 5.75 Å². The molecular formula is C19H20ClNO4. The van der Waals surface area contributed by atoms with Crippen LogP contribution < -0.4 is 10.1 Å². The van der Waals surface area contributed by atoms with Gasteiger partial charge in [0.1, 0.15) is 5.75 Å². The normalized spacial score (nSPS) is 11.5. The number of amides is 1. The third kappa shape index (κ3) is 5.50. The molecular weight excluding hydrogens is 342 g/mol. The number of ether oxygens (including phenoxy) is 2. The molecule has 6 heteroatoms. The van der Waals surface area contributed by atoms with Gasteiger partial charge in [-0.15, -0.1) is 0 Å². The van der Waals surface area contributed by atoms with E-state index in [1.807, 2.05) is 24.3 Å². The van der Waals surface area contributed by atoms with Crippen LogP contribution in [-0.4, -0.2) is 25.1 Å². The number of para-hydroxylation sites is 1. The summed E-state index contributed by atoms with van der Waals surface area (Å²) in [7, 11) is 1.57. The van der Waals surface area contributed by atoms with Crippen molar-refractivity contribution in [3.05, 3.63) is 64.7 Å². The smallest absolute Gasteiger partial charge is 0.311 e. The van der Waals surface area contributed by atoms with Crippen molar-refractivity contribution in [2.45, 2.75) is 26.0 Å². The first kappa shape index (κ1) is 18.8. The quantitative estimate of drug-likeness (QED) is 0.769. The Morgan fingerprint density at radius 3 is 2.40 bits per heavy atom. The van der Waals surface area contributed by atoms with Gasteiger partial charge in [-0.05, 0) is 24.6 Å². The molecule has 1 amide bonds. The fourth-order valence-electron chi connectivity index (χ4n) is 2.26. The zero-order chi connectivity index (χ0) is 18.2. The number of nitrogens with one attached hydrogen (secondary N) is 1. The number of hydrogen-bond acceptors (Lipinski definition) is 4. The van der Waals surface area contributed by atoms with Crippen LogP contribution >= 0.6 is 11.6 Å². The highest BCUT2D eigenvalue weighted by Crippen LogP contribution is 2.17. The van der Waals surface area contributed by atoms with E-state index in [2.05, 4.69) is 5.32 Å². The van der Waals surface area contributed by atoms with Gasteiger partial charge < -0.3 is 14.8 Å². The second kappa shape index (κ2) is 9.08. The van der Waals surface area contributed by atoms with Gasteiger partial charge >= 0.3 is 5.97 Å². The first-order valence-electron chi connectivity index (χ1n) is 7.83. The molecule has 0 saturated carbocycles. The maximum absolute atomic E-state index is 12.1. The largest absolute Gasteiger partial charge is 0.496 e. The molecule has 132 valence electrons. The third-order valence-corrected chi connectivity index (χ3v) is 3.98. The van der Waals surface area contributed by atoms with Gasteiger partial charge in [0.15, 0.2) is 6.10 Å². The number of rotatable bonds is 7. The molecule has 5 nitrogen and oxygen atoms in total. The SMILES string of the molecule is COc1ccccc1CNC(=O)C(C)OC(=O)Cc1ccccc1Cl. The van der Waals surface area contributed by atoms with Gasteiger partial charge in [-0.3, -0.25) is 9.59 Å². The van der Waals surface area contributed by atoms with Gasteiger partial charge in [-0.25, -0.2) is 0 Å². The van der Waals surface area contributed by atoms with Crippen LogP contribution in [-0.2, 0) is 27.3 Å². The Hall–Kier alpha value is -2.53. The molecule has 2 aromatic carbocycles. The zero-order valence-electron chi connectivity index (χ0n) is 14.1. The summed E-state index contributed by atoms with van der Waals surface area (Å²) in [5.74, 6) is -0.197. The lowest BCUT2D eigenvalue weighted by atomic mass is 10.1. The molecule has 0 bridgehead atoms. The minimum absolute atomic E-state index is 0.0177. The molecule has 0 heterocycles. The van der Waals surface area contributed by atoms with Crippen LogP contribution in [0.2, 0.25) is 5.02 Å². The van der Waals surface area contributed by atoms with Crippen molar-refractivity contribution in [3.63, 3.8) is 0 Å². The molecule has 0 radical (unpaired) electrons. The van der Waals surface area contributed by atoms with E-state index in [-0.39, 0.29) is 18.9 Å². The predicted octanol–water partition coefficient (Wildman–Crippen LogP) is 3.14. The first-order valence-corrected chi connectivity index (χ1v) is 8.21. The lowest BCUT2D eigenvalue weighted by molar-refractivity contribution is -0.154. The minimum atomic E-state index is -0.898. The minimum Gasteiger partial charge on any atom is -0.496 e. The van der Waals surface area contributed by atoms with Crippen molar-refractivity contribution in [1.29, 1.82) is 0 Å². The van der Waals surface area contributed by atoms with E-state index in [4.69, 9.17) is 21.1 Å². The van der Waals surface area contributed by atoms with Crippen molar-refractivity contribution >= 4 is 23.5 Å². The number of esters is 1. The summed E-state index contributed by atoms with van der Waals surface area (Å²) in [6.07, 6.45) is -0.881. The fourth-order valence-corrected chi connectivity index (χ4v) is 2.47. The van der Waals surface area contributed by atoms with Gasteiger partial charge in [-0.1, -0.05) is 48.0 Å². The molecule has 0 fully saturated rings. The Morgan fingerprint density at radius 2 is 1.72 bits per heavy atom. The Bertz CT molecular complexity index is 748. The highest BCUT2D eigenvalue weighted by atomic mass is 35.5. The number of benzene rings is 2. The number of carbonyl (C=O) groups excluding carboxylic acids is 2. The number of hydrogen-bond donors (Lipinski definition) is 1. The third-order valence-electron chi connectivity index (χ3n) is 3.62. The van der Waals surface area contributed by atoms with Gasteiger partial charge in [-0.2, -0.15) is 0 Å². The Balaban J connectivity index is 1.85. The summed E-state index contributed by atoms with van der Waals surface area (Å²) in [6.45, 7) is 1.82. The molecule has 0 aliphatic carbocycles. The van der Waals surface area contributed by atoms with Crippen LogP contribution in [0, 0.1) is 0 Å². The first-order chi connectivity index (χ1) is 12.0. The zero-order valence-corrected chi connectivity index (χ0v) is 14.9. The molecule has 1 unspecified atom stereocenters. The van der Waals surface area contributed by atoms with E-state index in [0.717, 1.165) is 5.56 Å². The van der Waals surface area contributed by atoms with Crippen LogP contribution in [0.3, 0.4) is 0 Å². The lowest BCUT2D eigenvalue weighted by Gasteiger charge is -2.15. The fraction of sp³-hybridized carbons (Fsp3) is 0.263. The molecule has 1 N–H and O–H groups in total. The topological polar surface area (TPSA) is 64.6 Å². The summed E-state index contributed by atoms with van der Waals surface area (Å²) < 4.78 is 10.4. The summed E-state index contributed by atoms with van der Waals surface area (Å²) in [4.78, 5) is 24.1. The molecule has 25 heavy (non-hydrogen) atoms. The average molecular weight is 362 g/mol. The Labute approximate surface area is 151 Å². The highest BCUT2D eigenvalue weighted by molar-refractivity contribution is 6.31. The molecule has 2 rings (SSSR count). The molecule has 0 aromatic heterocycles. The summed E-state index contributed by atoms with van der Waals surface area (Å²) >= 11 is 6.01. The summed E-state index contributed by atoms with van der Waals surface area (Å²) in [5.41, 5.74) is 1.50. The van der Waals surface area contributed by atoms with E-state index >= 15 is 0 Å². The predicted molar refractivity (Wildman–Crippen MR) is 95.6 cm³/mol. The van der Waals surface area contributed by atoms with E-state index in [0.29, 0.717) is 16.3 Å². The van der Waals surface area contributed by atoms with Crippen LogP contribution in [0.25, 0.3) is 0 Å². The second-order valence-corrected chi connectivity index (χ2v) is 5.84. The molecule has 0 saturated heterocycles. The van der Waals surface area contributed by atoms with Crippen LogP contribution in [0.15, 0.2) is 48.5 Å². The number of methoxy groups -OCH3 is 1. The van der Waals surface area contributed by atoms with Gasteiger partial charge in [0, 0.05) is 17.1 Å². The number of carbonyl (C=O) groups is 2. The van der Waals surface area contributed by atoms with Crippen LogP contribution in [0.4, 0.5) is 0 Å². The molecule has 2 aromatic rings.